The molecule has 4 aromatic carbocycles. The first-order valence-corrected chi connectivity index (χ1v) is 12.7. The first-order chi connectivity index (χ1) is 20.0. The van der Waals surface area contributed by atoms with Crippen molar-refractivity contribution >= 4 is 28.6 Å². The fraction of sp³-hybridized carbons (Fsp3) is 0.125. The number of methoxy groups -OCH3 is 3. The maximum atomic E-state index is 12.8. The first kappa shape index (κ1) is 27.1. The molecule has 0 aliphatic rings. The number of rotatable bonds is 9. The Morgan fingerprint density at radius 1 is 0.683 bits per heavy atom. The van der Waals surface area contributed by atoms with E-state index in [1.54, 1.807) is 56.7 Å². The number of carbonyl (C=O) groups excluding carboxylic acids is 2. The number of benzene rings is 4. The quantitative estimate of drug-likeness (QED) is 0.230. The summed E-state index contributed by atoms with van der Waals surface area (Å²) in [5.41, 5.74) is 4.81. The van der Waals surface area contributed by atoms with Crippen LogP contribution in [0.3, 0.4) is 0 Å². The zero-order valence-corrected chi connectivity index (χ0v) is 22.7. The van der Waals surface area contributed by atoms with Crippen molar-refractivity contribution in [2.24, 2.45) is 0 Å². The molecule has 206 valence electrons. The van der Waals surface area contributed by atoms with Gasteiger partial charge in [0.25, 0.3) is 5.91 Å². The van der Waals surface area contributed by atoms with Crippen molar-refractivity contribution in [3.05, 3.63) is 96.6 Å². The number of esters is 1. The second-order valence-electron chi connectivity index (χ2n) is 8.91. The minimum absolute atomic E-state index is 0.245. The SMILES string of the molecule is COc1ccc(-c2nc3ccc(C(=O)OCC(=O)Nc4ccccc4OC)cc3nc2-c2ccc(OC)cc2)cc1. The number of aromatic nitrogens is 2. The van der Waals surface area contributed by atoms with Crippen LogP contribution in [0.5, 0.6) is 17.2 Å². The minimum Gasteiger partial charge on any atom is -0.497 e. The Labute approximate surface area is 236 Å². The van der Waals surface area contributed by atoms with Gasteiger partial charge in [0.15, 0.2) is 6.61 Å². The number of hydrogen-bond donors (Lipinski definition) is 1. The zero-order valence-electron chi connectivity index (χ0n) is 22.7. The van der Waals surface area contributed by atoms with Crippen LogP contribution in [0.4, 0.5) is 5.69 Å². The van der Waals surface area contributed by atoms with E-state index in [2.05, 4.69) is 5.32 Å². The predicted octanol–water partition coefficient (Wildman–Crippen LogP) is 5.79. The Morgan fingerprint density at radius 3 is 1.85 bits per heavy atom. The highest BCUT2D eigenvalue weighted by Crippen LogP contribution is 2.33. The third-order valence-electron chi connectivity index (χ3n) is 6.34. The summed E-state index contributed by atoms with van der Waals surface area (Å²) in [5.74, 6) is 0.798. The van der Waals surface area contributed by atoms with Crippen LogP contribution in [0, 0.1) is 0 Å². The van der Waals surface area contributed by atoms with Gasteiger partial charge in [0, 0.05) is 11.1 Å². The van der Waals surface area contributed by atoms with E-state index in [0.29, 0.717) is 39.6 Å². The topological polar surface area (TPSA) is 109 Å². The number of nitrogens with zero attached hydrogens (tertiary/aromatic N) is 2. The van der Waals surface area contributed by atoms with Crippen LogP contribution in [0.25, 0.3) is 33.5 Å². The van der Waals surface area contributed by atoms with E-state index in [0.717, 1.165) is 16.9 Å². The monoisotopic (exact) mass is 549 g/mol. The lowest BCUT2D eigenvalue weighted by atomic mass is 10.0. The van der Waals surface area contributed by atoms with Gasteiger partial charge in [0.1, 0.15) is 17.2 Å². The van der Waals surface area contributed by atoms with E-state index in [-0.39, 0.29) is 5.56 Å². The number of carbonyl (C=O) groups is 2. The maximum absolute atomic E-state index is 12.8. The fourth-order valence-electron chi connectivity index (χ4n) is 4.23. The average molecular weight is 550 g/mol. The fourth-order valence-corrected chi connectivity index (χ4v) is 4.23. The van der Waals surface area contributed by atoms with Gasteiger partial charge < -0.3 is 24.3 Å². The first-order valence-electron chi connectivity index (χ1n) is 12.7. The molecular weight excluding hydrogens is 522 g/mol. The maximum Gasteiger partial charge on any atom is 0.338 e. The molecule has 0 aliphatic heterocycles. The van der Waals surface area contributed by atoms with Crippen LogP contribution in [-0.4, -0.2) is 49.8 Å². The number of fused-ring (bicyclic) bond motifs is 1. The van der Waals surface area contributed by atoms with E-state index >= 15 is 0 Å². The Hall–Kier alpha value is -5.44. The molecule has 0 radical (unpaired) electrons. The van der Waals surface area contributed by atoms with Crippen molar-refractivity contribution in [3.8, 4) is 39.8 Å². The molecule has 0 saturated carbocycles. The van der Waals surface area contributed by atoms with E-state index in [1.165, 1.54) is 7.11 Å². The molecule has 9 nitrogen and oxygen atoms in total. The highest BCUT2D eigenvalue weighted by Gasteiger charge is 2.17. The molecule has 1 aromatic heterocycles. The van der Waals surface area contributed by atoms with Gasteiger partial charge in [-0.05, 0) is 78.9 Å². The van der Waals surface area contributed by atoms with Crippen molar-refractivity contribution in [2.75, 3.05) is 33.3 Å². The van der Waals surface area contributed by atoms with Gasteiger partial charge in [-0.2, -0.15) is 0 Å². The summed E-state index contributed by atoms with van der Waals surface area (Å²) in [7, 11) is 4.73. The van der Waals surface area contributed by atoms with Crippen molar-refractivity contribution in [1.82, 2.24) is 9.97 Å². The number of hydrogen-bond acceptors (Lipinski definition) is 8. The average Bonchev–Trinajstić information content (AvgIpc) is 3.03. The largest absolute Gasteiger partial charge is 0.497 e. The zero-order chi connectivity index (χ0) is 28.8. The molecule has 1 heterocycles. The molecule has 0 atom stereocenters. The highest BCUT2D eigenvalue weighted by molar-refractivity contribution is 5.98. The summed E-state index contributed by atoms with van der Waals surface area (Å²) >= 11 is 0. The van der Waals surface area contributed by atoms with Gasteiger partial charge in [-0.3, -0.25) is 4.79 Å². The summed E-state index contributed by atoms with van der Waals surface area (Å²) in [4.78, 5) is 35.0. The molecule has 1 amide bonds. The van der Waals surface area contributed by atoms with Crippen LogP contribution in [-0.2, 0) is 9.53 Å². The van der Waals surface area contributed by atoms with Crippen molar-refractivity contribution in [2.45, 2.75) is 0 Å². The van der Waals surface area contributed by atoms with Gasteiger partial charge in [0.05, 0.1) is 55.0 Å². The molecule has 0 spiro atoms. The van der Waals surface area contributed by atoms with Crippen molar-refractivity contribution in [1.29, 1.82) is 0 Å². The molecule has 9 heteroatoms. The smallest absolute Gasteiger partial charge is 0.338 e. The van der Waals surface area contributed by atoms with Crippen LogP contribution in [0.15, 0.2) is 91.0 Å². The summed E-state index contributed by atoms with van der Waals surface area (Å²) in [6.07, 6.45) is 0. The molecule has 0 saturated heterocycles. The summed E-state index contributed by atoms with van der Waals surface area (Å²) in [5, 5.41) is 2.68. The Bertz CT molecular complexity index is 1700. The molecule has 5 rings (SSSR count). The van der Waals surface area contributed by atoms with E-state index < -0.39 is 18.5 Å². The second kappa shape index (κ2) is 12.2. The molecule has 0 unspecified atom stereocenters. The molecular formula is C32H27N3O6. The molecule has 0 aliphatic carbocycles. The highest BCUT2D eigenvalue weighted by atomic mass is 16.5. The number of nitrogens with one attached hydrogen (secondary N) is 1. The lowest BCUT2D eigenvalue weighted by Gasteiger charge is -2.12. The molecule has 0 bridgehead atoms. The van der Waals surface area contributed by atoms with Gasteiger partial charge in [0.2, 0.25) is 0 Å². The number of amides is 1. The second-order valence-corrected chi connectivity index (χ2v) is 8.91. The predicted molar refractivity (Wildman–Crippen MR) is 155 cm³/mol. The van der Waals surface area contributed by atoms with Crippen molar-refractivity contribution in [3.63, 3.8) is 0 Å². The third kappa shape index (κ3) is 6.09. The third-order valence-corrected chi connectivity index (χ3v) is 6.34. The number of anilines is 1. The molecule has 41 heavy (non-hydrogen) atoms. The van der Waals surface area contributed by atoms with Crippen LogP contribution < -0.4 is 19.5 Å². The lowest BCUT2D eigenvalue weighted by molar-refractivity contribution is -0.119. The standard InChI is InChI=1S/C32H27N3O6/c1-38-23-13-8-20(9-14-23)30-31(21-10-15-24(39-2)16-11-21)35-27-18-22(12-17-25(27)34-30)32(37)41-19-29(36)33-26-6-4-5-7-28(26)40-3/h4-18H,19H2,1-3H3,(H,33,36). The molecule has 5 aromatic rings. The Morgan fingerprint density at radius 2 is 1.27 bits per heavy atom. The van der Waals surface area contributed by atoms with Gasteiger partial charge in [-0.15, -0.1) is 0 Å². The van der Waals surface area contributed by atoms with Gasteiger partial charge in [-0.25, -0.2) is 14.8 Å². The normalized spacial score (nSPS) is 10.6. The lowest BCUT2D eigenvalue weighted by Crippen LogP contribution is -2.21. The van der Waals surface area contributed by atoms with E-state index in [4.69, 9.17) is 28.9 Å². The summed E-state index contributed by atoms with van der Waals surface area (Å²) < 4.78 is 21.1. The van der Waals surface area contributed by atoms with Crippen molar-refractivity contribution < 1.29 is 28.5 Å². The molecule has 0 fully saturated rings. The van der Waals surface area contributed by atoms with Crippen LogP contribution in [0.1, 0.15) is 10.4 Å². The summed E-state index contributed by atoms with van der Waals surface area (Å²) in [6, 6.07) is 27.0. The van der Waals surface area contributed by atoms with E-state index in [1.807, 2.05) is 48.5 Å². The van der Waals surface area contributed by atoms with Gasteiger partial charge in [-0.1, -0.05) is 12.1 Å². The number of ether oxygens (including phenoxy) is 4. The summed E-state index contributed by atoms with van der Waals surface area (Å²) in [6.45, 7) is -0.464. The van der Waals surface area contributed by atoms with Gasteiger partial charge >= 0.3 is 5.97 Å². The van der Waals surface area contributed by atoms with Crippen LogP contribution >= 0.6 is 0 Å². The molecule has 1 N–H and O–H groups in total. The minimum atomic E-state index is -0.658. The van der Waals surface area contributed by atoms with E-state index in [9.17, 15) is 9.59 Å². The Kier molecular flexibility index (Phi) is 8.05. The number of para-hydroxylation sites is 2. The van der Waals surface area contributed by atoms with Crippen LogP contribution in [0.2, 0.25) is 0 Å². The Balaban J connectivity index is 1.42.